The van der Waals surface area contributed by atoms with E-state index in [1.165, 1.54) is 36.4 Å². The first-order valence-electron chi connectivity index (χ1n) is 12.7. The lowest BCUT2D eigenvalue weighted by molar-refractivity contribution is -0.385. The summed E-state index contributed by atoms with van der Waals surface area (Å²) in [6, 6.07) is 8.74. The average Bonchev–Trinajstić information content (AvgIpc) is 2.89. The van der Waals surface area contributed by atoms with Crippen LogP contribution in [0.15, 0.2) is 36.4 Å². The Bertz CT molecular complexity index is 1090. The van der Waals surface area contributed by atoms with Crippen LogP contribution in [-0.4, -0.2) is 83.8 Å². The van der Waals surface area contributed by atoms with Crippen LogP contribution in [-0.2, 0) is 0 Å². The van der Waals surface area contributed by atoms with E-state index in [9.17, 15) is 29.8 Å². The van der Waals surface area contributed by atoms with Gasteiger partial charge in [-0.1, -0.05) is 0 Å². The molecule has 0 aromatic heterocycles. The smallest absolute Gasteiger partial charge is 0.272 e. The van der Waals surface area contributed by atoms with Crippen LogP contribution in [0.4, 0.5) is 11.4 Å². The van der Waals surface area contributed by atoms with Crippen LogP contribution in [0.5, 0.6) is 0 Å². The summed E-state index contributed by atoms with van der Waals surface area (Å²) in [5, 5.41) is 27.6. The number of piperazine rings is 1. The Labute approximate surface area is 221 Å². The third-order valence-electron chi connectivity index (χ3n) is 6.65. The number of nitro groups is 2. The van der Waals surface area contributed by atoms with Gasteiger partial charge in [0.2, 0.25) is 0 Å². The molecular weight excluding hydrogens is 492 g/mol. The fourth-order valence-corrected chi connectivity index (χ4v) is 4.45. The topological polar surface area (TPSA) is 151 Å². The molecule has 2 aromatic carbocycles. The summed E-state index contributed by atoms with van der Waals surface area (Å²) >= 11 is 0. The number of nitrogens with one attached hydrogen (secondary N) is 2. The zero-order chi connectivity index (χ0) is 27.7. The van der Waals surface area contributed by atoms with Crippen molar-refractivity contribution >= 4 is 23.2 Å². The maximum Gasteiger partial charge on any atom is 0.272 e. The minimum absolute atomic E-state index is 0.00256. The quantitative estimate of drug-likeness (QED) is 0.243. The van der Waals surface area contributed by atoms with E-state index in [4.69, 9.17) is 0 Å². The largest absolute Gasteiger partial charge is 0.352 e. The summed E-state index contributed by atoms with van der Waals surface area (Å²) in [5.74, 6) is -0.466. The number of carbonyl (C=O) groups excluding carboxylic acids is 2. The summed E-state index contributed by atoms with van der Waals surface area (Å²) in [6.07, 6.45) is 1.62. The van der Waals surface area contributed by atoms with Crippen molar-refractivity contribution in [1.29, 1.82) is 0 Å². The van der Waals surface area contributed by atoms with Gasteiger partial charge in [0, 0.05) is 73.7 Å². The molecule has 2 N–H and O–H groups in total. The molecule has 12 nitrogen and oxygen atoms in total. The minimum Gasteiger partial charge on any atom is -0.352 e. The fourth-order valence-electron chi connectivity index (χ4n) is 4.45. The number of aryl methyl sites for hydroxylation is 2. The SMILES string of the molecule is Cc1cc(C(=O)NCCCN2CCN(CCCNC(=O)c3ccc([N+](=O)[O-])c(C)c3)CC2)ccc1[N+](=O)[O-]. The van der Waals surface area contributed by atoms with Gasteiger partial charge in [-0.2, -0.15) is 0 Å². The van der Waals surface area contributed by atoms with E-state index >= 15 is 0 Å². The number of amides is 2. The molecular formula is C26H34N6O6. The maximum atomic E-state index is 12.3. The summed E-state index contributed by atoms with van der Waals surface area (Å²) in [6.45, 7) is 9.78. The summed E-state index contributed by atoms with van der Waals surface area (Å²) in [7, 11) is 0. The van der Waals surface area contributed by atoms with Crippen LogP contribution < -0.4 is 10.6 Å². The highest BCUT2D eigenvalue weighted by atomic mass is 16.6. The molecule has 12 heteroatoms. The standard InChI is InChI=1S/C26H34N6O6/c1-19-17-21(5-7-23(19)31(35)36)25(33)27-9-3-11-29-13-15-30(16-14-29)12-4-10-28-26(34)22-6-8-24(32(37)38)20(2)18-22/h5-8,17-18H,3-4,9-16H2,1-2H3,(H,27,33)(H,28,34). The molecule has 0 unspecified atom stereocenters. The van der Waals surface area contributed by atoms with Gasteiger partial charge in [0.05, 0.1) is 9.85 Å². The highest BCUT2D eigenvalue weighted by molar-refractivity contribution is 5.95. The lowest BCUT2D eigenvalue weighted by Gasteiger charge is -2.34. The molecule has 1 saturated heterocycles. The van der Waals surface area contributed by atoms with Crippen LogP contribution in [0.3, 0.4) is 0 Å². The normalized spacial score (nSPS) is 14.2. The highest BCUT2D eigenvalue weighted by Crippen LogP contribution is 2.19. The number of benzene rings is 2. The lowest BCUT2D eigenvalue weighted by atomic mass is 10.1. The predicted octanol–water partition coefficient (Wildman–Crippen LogP) is 2.68. The highest BCUT2D eigenvalue weighted by Gasteiger charge is 2.18. The van der Waals surface area contributed by atoms with Crippen LogP contribution in [0, 0.1) is 34.1 Å². The third kappa shape index (κ3) is 8.05. The van der Waals surface area contributed by atoms with Gasteiger partial charge in [0.15, 0.2) is 0 Å². The molecule has 0 radical (unpaired) electrons. The van der Waals surface area contributed by atoms with E-state index in [1.807, 2.05) is 0 Å². The summed E-state index contributed by atoms with van der Waals surface area (Å²) in [4.78, 5) is 50.3. The molecule has 0 bridgehead atoms. The summed E-state index contributed by atoms with van der Waals surface area (Å²) in [5.41, 5.74) is 1.76. The van der Waals surface area contributed by atoms with Crippen LogP contribution in [0.2, 0.25) is 0 Å². The number of carbonyl (C=O) groups is 2. The van der Waals surface area contributed by atoms with Crippen molar-refractivity contribution in [1.82, 2.24) is 20.4 Å². The Kier molecular flexibility index (Phi) is 10.3. The molecule has 0 atom stereocenters. The fraction of sp³-hybridized carbons (Fsp3) is 0.462. The molecule has 1 fully saturated rings. The second-order valence-electron chi connectivity index (χ2n) is 9.42. The van der Waals surface area contributed by atoms with Gasteiger partial charge in [0.25, 0.3) is 23.2 Å². The van der Waals surface area contributed by atoms with Crippen molar-refractivity contribution in [2.24, 2.45) is 0 Å². The van der Waals surface area contributed by atoms with E-state index in [-0.39, 0.29) is 23.2 Å². The first-order chi connectivity index (χ1) is 18.2. The van der Waals surface area contributed by atoms with E-state index in [1.54, 1.807) is 13.8 Å². The zero-order valence-corrected chi connectivity index (χ0v) is 21.8. The molecule has 204 valence electrons. The first-order valence-corrected chi connectivity index (χ1v) is 12.7. The van der Waals surface area contributed by atoms with Gasteiger partial charge in [-0.15, -0.1) is 0 Å². The first kappa shape index (κ1) is 28.7. The maximum absolute atomic E-state index is 12.3. The Morgan fingerprint density at radius 3 is 1.42 bits per heavy atom. The van der Waals surface area contributed by atoms with Crippen molar-refractivity contribution in [3.8, 4) is 0 Å². The van der Waals surface area contributed by atoms with Gasteiger partial charge in [-0.25, -0.2) is 0 Å². The number of rotatable bonds is 12. The van der Waals surface area contributed by atoms with Gasteiger partial charge in [0.1, 0.15) is 0 Å². The number of nitro benzene ring substituents is 2. The Balaban J connectivity index is 1.27. The van der Waals surface area contributed by atoms with Gasteiger partial charge >= 0.3 is 0 Å². The zero-order valence-electron chi connectivity index (χ0n) is 21.8. The van der Waals surface area contributed by atoms with Crippen molar-refractivity contribution in [3.63, 3.8) is 0 Å². The number of hydrogen-bond acceptors (Lipinski definition) is 8. The van der Waals surface area contributed by atoms with Crippen molar-refractivity contribution < 1.29 is 19.4 Å². The third-order valence-corrected chi connectivity index (χ3v) is 6.65. The van der Waals surface area contributed by atoms with E-state index in [2.05, 4.69) is 20.4 Å². The molecule has 3 rings (SSSR count). The van der Waals surface area contributed by atoms with E-state index < -0.39 is 9.85 Å². The molecule has 0 aliphatic carbocycles. The van der Waals surface area contributed by atoms with Gasteiger partial charge in [-0.05, 0) is 64.0 Å². The molecule has 1 aliphatic rings. The van der Waals surface area contributed by atoms with Crippen LogP contribution in [0.25, 0.3) is 0 Å². The Morgan fingerprint density at radius 2 is 1.11 bits per heavy atom. The minimum atomic E-state index is -0.458. The molecule has 38 heavy (non-hydrogen) atoms. The van der Waals surface area contributed by atoms with Crippen molar-refractivity contribution in [2.45, 2.75) is 26.7 Å². The number of nitrogens with zero attached hydrogens (tertiary/aromatic N) is 4. The average molecular weight is 527 g/mol. The van der Waals surface area contributed by atoms with Gasteiger partial charge < -0.3 is 20.4 Å². The van der Waals surface area contributed by atoms with E-state index in [0.29, 0.717) is 35.3 Å². The Morgan fingerprint density at radius 1 is 0.737 bits per heavy atom. The second kappa shape index (κ2) is 13.6. The molecule has 0 saturated carbocycles. The number of hydrogen-bond donors (Lipinski definition) is 2. The van der Waals surface area contributed by atoms with Crippen molar-refractivity contribution in [2.75, 3.05) is 52.4 Å². The molecule has 1 heterocycles. The van der Waals surface area contributed by atoms with Gasteiger partial charge in [-0.3, -0.25) is 29.8 Å². The molecule has 0 spiro atoms. The van der Waals surface area contributed by atoms with Crippen LogP contribution >= 0.6 is 0 Å². The predicted molar refractivity (Wildman–Crippen MR) is 142 cm³/mol. The Hall–Kier alpha value is -3.90. The lowest BCUT2D eigenvalue weighted by Crippen LogP contribution is -2.47. The molecule has 1 aliphatic heterocycles. The summed E-state index contributed by atoms with van der Waals surface area (Å²) < 4.78 is 0. The van der Waals surface area contributed by atoms with Crippen molar-refractivity contribution in [3.05, 3.63) is 78.9 Å². The monoisotopic (exact) mass is 526 g/mol. The second-order valence-corrected chi connectivity index (χ2v) is 9.42. The molecule has 2 aromatic rings. The van der Waals surface area contributed by atoms with Crippen LogP contribution in [0.1, 0.15) is 44.7 Å². The molecule has 2 amide bonds. The van der Waals surface area contributed by atoms with E-state index in [0.717, 1.165) is 52.1 Å².